The fraction of sp³-hybridized carbons (Fsp3) is 0.455. The summed E-state index contributed by atoms with van der Waals surface area (Å²) in [6.07, 6.45) is 1.00. The molecular weight excluding hydrogens is 178 g/mol. The monoisotopic (exact) mass is 193 g/mol. The van der Waals surface area contributed by atoms with Crippen molar-refractivity contribution in [1.29, 1.82) is 0 Å². The minimum absolute atomic E-state index is 0.267. The summed E-state index contributed by atoms with van der Waals surface area (Å²) in [4.78, 5) is 2.18. The molecule has 1 unspecified atom stereocenters. The van der Waals surface area contributed by atoms with E-state index in [1.807, 2.05) is 6.07 Å². The van der Waals surface area contributed by atoms with Gasteiger partial charge in [0.2, 0.25) is 0 Å². The van der Waals surface area contributed by atoms with Crippen LogP contribution in [0.2, 0.25) is 0 Å². The molecule has 1 heterocycles. The van der Waals surface area contributed by atoms with Gasteiger partial charge in [0.05, 0.1) is 6.61 Å². The van der Waals surface area contributed by atoms with E-state index >= 15 is 0 Å². The van der Waals surface area contributed by atoms with Crippen LogP contribution in [0.15, 0.2) is 18.2 Å². The quantitative estimate of drug-likeness (QED) is 0.738. The van der Waals surface area contributed by atoms with Crippen molar-refractivity contribution < 1.29 is 9.84 Å². The van der Waals surface area contributed by atoms with Gasteiger partial charge in [0.25, 0.3) is 0 Å². The van der Waals surface area contributed by atoms with Crippen molar-refractivity contribution in [3.63, 3.8) is 0 Å². The Labute approximate surface area is 83.9 Å². The number of nitrogens with zero attached hydrogens (tertiary/aromatic N) is 1. The molecule has 0 radical (unpaired) electrons. The first-order chi connectivity index (χ1) is 6.68. The molecule has 1 atom stereocenters. The van der Waals surface area contributed by atoms with Gasteiger partial charge in [-0.1, -0.05) is 6.07 Å². The van der Waals surface area contributed by atoms with Crippen LogP contribution in [0.5, 0.6) is 11.5 Å². The van der Waals surface area contributed by atoms with Crippen LogP contribution in [0.25, 0.3) is 0 Å². The average molecular weight is 193 g/mol. The zero-order valence-corrected chi connectivity index (χ0v) is 8.53. The Morgan fingerprint density at radius 3 is 2.93 bits per heavy atom. The lowest BCUT2D eigenvalue weighted by Gasteiger charge is -2.30. The molecule has 3 nitrogen and oxygen atoms in total. The number of ether oxygens (including phenoxy) is 1. The third-order valence-corrected chi connectivity index (χ3v) is 2.63. The largest absolute Gasteiger partial charge is 0.508 e. The minimum Gasteiger partial charge on any atom is -0.508 e. The highest BCUT2D eigenvalue weighted by molar-refractivity contribution is 5.42. The Morgan fingerprint density at radius 1 is 1.43 bits per heavy atom. The van der Waals surface area contributed by atoms with Crippen LogP contribution in [-0.4, -0.2) is 30.7 Å². The maximum absolute atomic E-state index is 9.32. The SMILES string of the molecule is CN(C)C1CCOc2cc(O)ccc21. The molecule has 76 valence electrons. The maximum Gasteiger partial charge on any atom is 0.127 e. The van der Waals surface area contributed by atoms with Gasteiger partial charge in [-0.25, -0.2) is 0 Å². The van der Waals surface area contributed by atoms with Gasteiger partial charge in [-0.2, -0.15) is 0 Å². The lowest BCUT2D eigenvalue weighted by Crippen LogP contribution is -2.26. The van der Waals surface area contributed by atoms with E-state index in [1.54, 1.807) is 12.1 Å². The molecular formula is C11H15NO2. The van der Waals surface area contributed by atoms with Crippen molar-refractivity contribution in [2.24, 2.45) is 0 Å². The Bertz CT molecular complexity index is 336. The Balaban J connectivity index is 2.40. The van der Waals surface area contributed by atoms with E-state index in [-0.39, 0.29) is 5.75 Å². The van der Waals surface area contributed by atoms with Crippen molar-refractivity contribution in [1.82, 2.24) is 4.90 Å². The number of phenols is 1. The summed E-state index contributed by atoms with van der Waals surface area (Å²) >= 11 is 0. The molecule has 0 saturated carbocycles. The molecule has 0 aromatic heterocycles. The zero-order chi connectivity index (χ0) is 10.1. The molecule has 14 heavy (non-hydrogen) atoms. The molecule has 0 aliphatic carbocycles. The molecule has 1 aromatic rings. The van der Waals surface area contributed by atoms with E-state index in [4.69, 9.17) is 4.74 Å². The third kappa shape index (κ3) is 1.55. The molecule has 1 aliphatic rings. The topological polar surface area (TPSA) is 32.7 Å². The lowest BCUT2D eigenvalue weighted by atomic mass is 9.99. The van der Waals surface area contributed by atoms with Gasteiger partial charge in [0.15, 0.2) is 0 Å². The predicted molar refractivity (Wildman–Crippen MR) is 54.6 cm³/mol. The highest BCUT2D eigenvalue weighted by Gasteiger charge is 2.22. The van der Waals surface area contributed by atoms with Crippen molar-refractivity contribution in [3.05, 3.63) is 23.8 Å². The molecule has 0 amide bonds. The molecule has 0 fully saturated rings. The number of rotatable bonds is 1. The summed E-state index contributed by atoms with van der Waals surface area (Å²) in [6.45, 7) is 0.722. The molecule has 1 aromatic carbocycles. The Kier molecular flexibility index (Phi) is 2.33. The van der Waals surface area contributed by atoms with Crippen LogP contribution < -0.4 is 4.74 Å². The van der Waals surface area contributed by atoms with Crippen LogP contribution in [-0.2, 0) is 0 Å². The van der Waals surface area contributed by atoms with E-state index in [9.17, 15) is 5.11 Å². The van der Waals surface area contributed by atoms with Crippen molar-refractivity contribution in [2.75, 3.05) is 20.7 Å². The number of aromatic hydroxyl groups is 1. The highest BCUT2D eigenvalue weighted by Crippen LogP contribution is 2.36. The number of hydrogen-bond acceptors (Lipinski definition) is 3. The smallest absolute Gasteiger partial charge is 0.127 e. The first-order valence-electron chi connectivity index (χ1n) is 4.80. The summed E-state index contributed by atoms with van der Waals surface area (Å²) in [6, 6.07) is 5.74. The second-order valence-corrected chi connectivity index (χ2v) is 3.84. The van der Waals surface area contributed by atoms with E-state index in [0.29, 0.717) is 6.04 Å². The molecule has 0 bridgehead atoms. The highest BCUT2D eigenvalue weighted by atomic mass is 16.5. The minimum atomic E-state index is 0.267. The van der Waals surface area contributed by atoms with Gasteiger partial charge >= 0.3 is 0 Å². The summed E-state index contributed by atoms with van der Waals surface area (Å²) in [7, 11) is 4.12. The fourth-order valence-electron chi connectivity index (χ4n) is 1.90. The number of benzene rings is 1. The molecule has 1 N–H and O–H groups in total. The predicted octanol–water partition coefficient (Wildman–Crippen LogP) is 1.78. The molecule has 0 saturated heterocycles. The standard InChI is InChI=1S/C11H15NO2/c1-12(2)10-5-6-14-11-7-8(13)3-4-9(10)11/h3-4,7,10,13H,5-6H2,1-2H3. The zero-order valence-electron chi connectivity index (χ0n) is 8.53. The van der Waals surface area contributed by atoms with Crippen molar-refractivity contribution >= 4 is 0 Å². The van der Waals surface area contributed by atoms with Gasteiger partial charge in [-0.15, -0.1) is 0 Å². The second kappa shape index (κ2) is 3.50. The Morgan fingerprint density at radius 2 is 2.21 bits per heavy atom. The summed E-state index contributed by atoms with van der Waals surface area (Å²) in [5.74, 6) is 1.08. The molecule has 0 spiro atoms. The van der Waals surface area contributed by atoms with Gasteiger partial charge in [0.1, 0.15) is 11.5 Å². The number of hydrogen-bond donors (Lipinski definition) is 1. The molecule has 3 heteroatoms. The van der Waals surface area contributed by atoms with Crippen LogP contribution in [0.3, 0.4) is 0 Å². The van der Waals surface area contributed by atoms with Gasteiger partial charge in [-0.3, -0.25) is 0 Å². The van der Waals surface area contributed by atoms with E-state index < -0.39 is 0 Å². The summed E-state index contributed by atoms with van der Waals surface area (Å²) < 4.78 is 5.50. The maximum atomic E-state index is 9.32. The van der Waals surface area contributed by atoms with E-state index in [0.717, 1.165) is 18.8 Å². The number of phenolic OH excluding ortho intramolecular Hbond substituents is 1. The van der Waals surface area contributed by atoms with Gasteiger partial charge < -0.3 is 14.7 Å². The summed E-state index contributed by atoms with van der Waals surface area (Å²) in [5, 5.41) is 9.32. The summed E-state index contributed by atoms with van der Waals surface area (Å²) in [5.41, 5.74) is 1.17. The van der Waals surface area contributed by atoms with E-state index in [2.05, 4.69) is 19.0 Å². The third-order valence-electron chi connectivity index (χ3n) is 2.63. The molecule has 2 rings (SSSR count). The second-order valence-electron chi connectivity index (χ2n) is 3.84. The fourth-order valence-corrected chi connectivity index (χ4v) is 1.90. The lowest BCUT2D eigenvalue weighted by molar-refractivity contribution is 0.189. The van der Waals surface area contributed by atoms with Crippen LogP contribution >= 0.6 is 0 Å². The molecule has 1 aliphatic heterocycles. The van der Waals surface area contributed by atoms with Crippen molar-refractivity contribution in [3.8, 4) is 11.5 Å². The van der Waals surface area contributed by atoms with E-state index in [1.165, 1.54) is 5.56 Å². The van der Waals surface area contributed by atoms with Gasteiger partial charge in [0, 0.05) is 24.1 Å². The van der Waals surface area contributed by atoms with Crippen LogP contribution in [0.4, 0.5) is 0 Å². The first kappa shape index (κ1) is 9.34. The van der Waals surface area contributed by atoms with Crippen LogP contribution in [0.1, 0.15) is 18.0 Å². The van der Waals surface area contributed by atoms with Gasteiger partial charge in [-0.05, 0) is 20.2 Å². The average Bonchev–Trinajstić information content (AvgIpc) is 2.16. The number of fused-ring (bicyclic) bond motifs is 1. The van der Waals surface area contributed by atoms with Crippen molar-refractivity contribution in [2.45, 2.75) is 12.5 Å². The normalized spacial score (nSPS) is 20.4. The van der Waals surface area contributed by atoms with Crippen LogP contribution in [0, 0.1) is 0 Å². The first-order valence-corrected chi connectivity index (χ1v) is 4.80. The Hall–Kier alpha value is -1.22.